The van der Waals surface area contributed by atoms with Gasteiger partial charge in [0.1, 0.15) is 17.8 Å². The fraction of sp³-hybridized carbons (Fsp3) is 0.200. The number of benzene rings is 3. The first-order valence-electron chi connectivity index (χ1n) is 10.1. The molecule has 31 heavy (non-hydrogen) atoms. The number of ether oxygens (including phenoxy) is 1. The molecule has 0 unspecified atom stereocenters. The number of carbonyl (C=O) groups is 2. The van der Waals surface area contributed by atoms with Gasteiger partial charge in [0.25, 0.3) is 0 Å². The first-order chi connectivity index (χ1) is 15.2. The van der Waals surface area contributed by atoms with E-state index in [2.05, 4.69) is 5.32 Å². The molecule has 1 heterocycles. The summed E-state index contributed by atoms with van der Waals surface area (Å²) >= 11 is 1.62. The number of furan rings is 1. The smallest absolute Gasteiger partial charge is 0.408 e. The van der Waals surface area contributed by atoms with Crippen molar-refractivity contribution in [3.63, 3.8) is 0 Å². The lowest BCUT2D eigenvalue weighted by molar-refractivity contribution is 0.0915. The Bertz CT molecular complexity index is 1200. The second-order valence-electron chi connectivity index (χ2n) is 7.18. The van der Waals surface area contributed by atoms with E-state index in [9.17, 15) is 9.59 Å². The van der Waals surface area contributed by atoms with Gasteiger partial charge in [0.15, 0.2) is 5.78 Å². The van der Waals surface area contributed by atoms with E-state index in [0.717, 1.165) is 27.7 Å². The molecule has 0 saturated heterocycles. The van der Waals surface area contributed by atoms with Crippen molar-refractivity contribution in [2.45, 2.75) is 19.1 Å². The van der Waals surface area contributed by atoms with Crippen LogP contribution >= 0.6 is 11.8 Å². The van der Waals surface area contributed by atoms with Gasteiger partial charge in [-0.25, -0.2) is 4.79 Å². The van der Waals surface area contributed by atoms with E-state index in [4.69, 9.17) is 9.15 Å². The largest absolute Gasteiger partial charge is 0.455 e. The Balaban J connectivity index is 1.56. The molecule has 4 rings (SSSR count). The highest BCUT2D eigenvalue weighted by molar-refractivity contribution is 7.98. The van der Waals surface area contributed by atoms with Crippen LogP contribution in [0.4, 0.5) is 4.79 Å². The molecule has 3 aromatic carbocycles. The molecule has 0 aliphatic rings. The van der Waals surface area contributed by atoms with Crippen LogP contribution in [0, 0.1) is 0 Å². The summed E-state index contributed by atoms with van der Waals surface area (Å²) < 4.78 is 11.3. The third-order valence-corrected chi connectivity index (χ3v) is 5.75. The van der Waals surface area contributed by atoms with Gasteiger partial charge in [-0.15, -0.1) is 0 Å². The molecule has 0 spiro atoms. The maximum atomic E-state index is 13.4. The molecule has 0 fully saturated rings. The molecular weight excluding hydrogens is 410 g/mol. The molecule has 1 N–H and O–H groups in total. The van der Waals surface area contributed by atoms with E-state index < -0.39 is 12.1 Å². The maximum Gasteiger partial charge on any atom is 0.408 e. The van der Waals surface area contributed by atoms with Crippen molar-refractivity contribution in [3.8, 4) is 0 Å². The average Bonchev–Trinajstić information content (AvgIpc) is 3.19. The standard InChI is InChI=1S/C25H23NO4S/c1-31-15-14-21(26-25(28)29-16-17-8-3-2-4-9-17)23(27)20-12-7-11-19-18-10-5-6-13-22(18)30-24(19)20/h2-13,21H,14-16H2,1H3,(H,26,28)/t21-/m0/s1. The Kier molecular flexibility index (Phi) is 6.57. The van der Waals surface area contributed by atoms with E-state index in [1.807, 2.05) is 73.0 Å². The molecule has 4 aromatic rings. The summed E-state index contributed by atoms with van der Waals surface area (Å²) in [4.78, 5) is 25.8. The molecule has 0 radical (unpaired) electrons. The zero-order valence-corrected chi connectivity index (χ0v) is 18.0. The molecule has 0 aliphatic carbocycles. The zero-order valence-electron chi connectivity index (χ0n) is 17.2. The van der Waals surface area contributed by atoms with Gasteiger partial charge in [0, 0.05) is 10.8 Å². The minimum Gasteiger partial charge on any atom is -0.455 e. The molecule has 1 aromatic heterocycles. The van der Waals surface area contributed by atoms with Crippen molar-refractivity contribution in [2.75, 3.05) is 12.0 Å². The summed E-state index contributed by atoms with van der Waals surface area (Å²) in [6.45, 7) is 0.148. The van der Waals surface area contributed by atoms with E-state index in [1.165, 1.54) is 0 Å². The van der Waals surface area contributed by atoms with E-state index in [1.54, 1.807) is 17.8 Å². The first kappa shape index (κ1) is 21.0. The predicted molar refractivity (Wildman–Crippen MR) is 125 cm³/mol. The molecule has 6 heteroatoms. The Labute approximate surface area is 184 Å². The minimum atomic E-state index is -0.700. The normalized spacial score (nSPS) is 12.0. The summed E-state index contributed by atoms with van der Waals surface area (Å²) in [7, 11) is 0. The monoisotopic (exact) mass is 433 g/mol. The number of hydrogen-bond acceptors (Lipinski definition) is 5. The number of amides is 1. The van der Waals surface area contributed by atoms with Crippen molar-refractivity contribution in [3.05, 3.63) is 83.9 Å². The van der Waals surface area contributed by atoms with Gasteiger partial charge < -0.3 is 14.5 Å². The summed E-state index contributed by atoms with van der Waals surface area (Å²) in [5, 5.41) is 4.60. The van der Waals surface area contributed by atoms with Gasteiger partial charge in [-0.2, -0.15) is 11.8 Å². The van der Waals surface area contributed by atoms with Crippen molar-refractivity contribution in [2.24, 2.45) is 0 Å². The summed E-state index contributed by atoms with van der Waals surface area (Å²) in [6.07, 6.45) is 1.85. The Morgan fingerprint density at radius 3 is 2.52 bits per heavy atom. The van der Waals surface area contributed by atoms with Crippen LogP contribution in [-0.2, 0) is 11.3 Å². The fourth-order valence-electron chi connectivity index (χ4n) is 3.54. The number of rotatable bonds is 8. The second-order valence-corrected chi connectivity index (χ2v) is 8.17. The quantitative estimate of drug-likeness (QED) is 0.355. The van der Waals surface area contributed by atoms with Crippen molar-refractivity contribution in [1.29, 1.82) is 0 Å². The summed E-state index contributed by atoms with van der Waals surface area (Å²) in [5.41, 5.74) is 2.62. The Morgan fingerprint density at radius 1 is 0.968 bits per heavy atom. The minimum absolute atomic E-state index is 0.148. The van der Waals surface area contributed by atoms with E-state index in [0.29, 0.717) is 17.6 Å². The highest BCUT2D eigenvalue weighted by atomic mass is 32.2. The van der Waals surface area contributed by atoms with Crippen LogP contribution in [0.3, 0.4) is 0 Å². The number of alkyl carbamates (subject to hydrolysis) is 1. The number of carbonyl (C=O) groups excluding carboxylic acids is 2. The van der Waals surface area contributed by atoms with E-state index in [-0.39, 0.29) is 12.4 Å². The zero-order chi connectivity index (χ0) is 21.6. The lowest BCUT2D eigenvalue weighted by Crippen LogP contribution is -2.41. The number of Topliss-reactive ketones (excluding diaryl/α,β-unsaturated/α-hetero) is 1. The molecule has 5 nitrogen and oxygen atoms in total. The van der Waals surface area contributed by atoms with Gasteiger partial charge in [-0.1, -0.05) is 60.7 Å². The molecule has 0 bridgehead atoms. The number of ketones is 1. The third-order valence-electron chi connectivity index (χ3n) is 5.10. The lowest BCUT2D eigenvalue weighted by Gasteiger charge is -2.17. The summed E-state index contributed by atoms with van der Waals surface area (Å²) in [5.74, 6) is 0.543. The first-order valence-corrected chi connectivity index (χ1v) is 11.5. The van der Waals surface area contributed by atoms with Crippen LogP contribution in [0.15, 0.2) is 77.2 Å². The molecule has 0 aliphatic heterocycles. The van der Waals surface area contributed by atoms with Gasteiger partial charge in [-0.3, -0.25) is 4.79 Å². The van der Waals surface area contributed by atoms with Crippen LogP contribution in [0.25, 0.3) is 21.9 Å². The van der Waals surface area contributed by atoms with Crippen molar-refractivity contribution < 1.29 is 18.7 Å². The number of thioether (sulfide) groups is 1. The van der Waals surface area contributed by atoms with Crippen molar-refractivity contribution in [1.82, 2.24) is 5.32 Å². The lowest BCUT2D eigenvalue weighted by atomic mass is 10.00. The SMILES string of the molecule is CSCC[C@H](NC(=O)OCc1ccccc1)C(=O)c1cccc2c1oc1ccccc12. The van der Waals surface area contributed by atoms with Gasteiger partial charge in [0.2, 0.25) is 0 Å². The van der Waals surface area contributed by atoms with Crippen LogP contribution in [0.5, 0.6) is 0 Å². The molecule has 0 saturated carbocycles. The fourth-order valence-corrected chi connectivity index (χ4v) is 4.01. The second kappa shape index (κ2) is 9.71. The average molecular weight is 434 g/mol. The number of hydrogen-bond donors (Lipinski definition) is 1. The highest BCUT2D eigenvalue weighted by Crippen LogP contribution is 2.31. The molecule has 158 valence electrons. The van der Waals surface area contributed by atoms with Crippen LogP contribution in [0.2, 0.25) is 0 Å². The molecule has 1 atom stereocenters. The number of para-hydroxylation sites is 2. The highest BCUT2D eigenvalue weighted by Gasteiger charge is 2.25. The Morgan fingerprint density at radius 2 is 1.71 bits per heavy atom. The third kappa shape index (κ3) is 4.75. The molecule has 1 amide bonds. The van der Waals surface area contributed by atoms with Gasteiger partial charge in [-0.05, 0) is 36.1 Å². The van der Waals surface area contributed by atoms with E-state index >= 15 is 0 Å². The topological polar surface area (TPSA) is 68.5 Å². The summed E-state index contributed by atoms with van der Waals surface area (Å²) in [6, 6.07) is 22.0. The van der Waals surface area contributed by atoms with Crippen LogP contribution in [0.1, 0.15) is 22.3 Å². The van der Waals surface area contributed by atoms with Gasteiger partial charge in [0.05, 0.1) is 11.6 Å². The van der Waals surface area contributed by atoms with Crippen LogP contribution < -0.4 is 5.32 Å². The Hall–Kier alpha value is -3.25. The van der Waals surface area contributed by atoms with Crippen LogP contribution in [-0.4, -0.2) is 29.9 Å². The molecular formula is C25H23NO4S. The number of fused-ring (bicyclic) bond motifs is 3. The van der Waals surface area contributed by atoms with Gasteiger partial charge >= 0.3 is 6.09 Å². The van der Waals surface area contributed by atoms with Crippen molar-refractivity contribution >= 4 is 45.6 Å². The number of nitrogens with one attached hydrogen (secondary N) is 1. The maximum absolute atomic E-state index is 13.4. The predicted octanol–water partition coefficient (Wildman–Crippen LogP) is 5.82.